The van der Waals surface area contributed by atoms with Gasteiger partial charge in [-0.3, -0.25) is 4.31 Å². The monoisotopic (exact) mass is 681 g/mol. The molecule has 1 saturated carbocycles. The summed E-state index contributed by atoms with van der Waals surface area (Å²) in [6, 6.07) is 11.2. The Morgan fingerprint density at radius 3 is 2.36 bits per heavy atom. The fourth-order valence-corrected chi connectivity index (χ4v) is 9.53. The molecule has 7 nitrogen and oxygen atoms in total. The van der Waals surface area contributed by atoms with Crippen molar-refractivity contribution in [3.63, 3.8) is 0 Å². The third kappa shape index (κ3) is 7.20. The lowest BCUT2D eigenvalue weighted by molar-refractivity contribution is 0.146. The average Bonchev–Trinajstić information content (AvgIpc) is 3.36. The number of aryl methyl sites for hydroxylation is 1. The van der Waals surface area contributed by atoms with Crippen molar-refractivity contribution < 1.29 is 22.3 Å². The predicted molar refractivity (Wildman–Crippen MR) is 175 cm³/mol. The third-order valence-electron chi connectivity index (χ3n) is 8.78. The van der Waals surface area contributed by atoms with Crippen LogP contribution < -0.4 is 14.4 Å². The lowest BCUT2D eigenvalue weighted by Crippen LogP contribution is -2.36. The van der Waals surface area contributed by atoms with Crippen LogP contribution in [0.3, 0.4) is 0 Å². The van der Waals surface area contributed by atoms with Gasteiger partial charge in [0.15, 0.2) is 5.75 Å². The van der Waals surface area contributed by atoms with Crippen molar-refractivity contribution in [3.8, 4) is 5.75 Å². The molecular formula is C32H38Cl2FN3O4S2. The zero-order valence-electron chi connectivity index (χ0n) is 25.1. The minimum atomic E-state index is -3.99. The van der Waals surface area contributed by atoms with Gasteiger partial charge in [-0.15, -0.1) is 11.3 Å². The van der Waals surface area contributed by atoms with E-state index >= 15 is 0 Å². The Kier molecular flexibility index (Phi) is 10.5. The predicted octanol–water partition coefficient (Wildman–Crippen LogP) is 8.10. The molecule has 3 aromatic rings. The van der Waals surface area contributed by atoms with E-state index in [0.717, 1.165) is 67.4 Å². The lowest BCUT2D eigenvalue weighted by Gasteiger charge is -2.37. The first kappa shape index (κ1) is 33.0. The first-order valence-electron chi connectivity index (χ1n) is 14.9. The van der Waals surface area contributed by atoms with E-state index in [1.807, 2.05) is 12.1 Å². The number of amides is 1. The zero-order valence-corrected chi connectivity index (χ0v) is 28.3. The number of hydrogen-bond donors (Lipinski definition) is 1. The van der Waals surface area contributed by atoms with Crippen LogP contribution >= 0.6 is 34.5 Å². The summed E-state index contributed by atoms with van der Waals surface area (Å²) in [6.07, 6.45) is 6.81. The van der Waals surface area contributed by atoms with Crippen molar-refractivity contribution in [1.29, 1.82) is 0 Å². The van der Waals surface area contributed by atoms with Gasteiger partial charge in [-0.2, -0.15) is 0 Å². The molecule has 1 fully saturated rings. The highest BCUT2D eigenvalue weighted by Gasteiger charge is 2.33. The number of carbonyl (C=O) groups excluding carboxylic acids is 1. The number of ether oxygens (including phenoxy) is 1. The van der Waals surface area contributed by atoms with E-state index in [1.54, 1.807) is 0 Å². The number of halogens is 3. The smallest absolute Gasteiger partial charge is 0.407 e. The highest BCUT2D eigenvalue weighted by atomic mass is 35.5. The average molecular weight is 683 g/mol. The number of rotatable bonds is 9. The van der Waals surface area contributed by atoms with Gasteiger partial charge < -0.3 is 15.0 Å². The summed E-state index contributed by atoms with van der Waals surface area (Å²) in [5.74, 6) is 0.822. The topological polar surface area (TPSA) is 79.0 Å². The Morgan fingerprint density at radius 1 is 1.02 bits per heavy atom. The molecule has 2 aromatic carbocycles. The van der Waals surface area contributed by atoms with E-state index < -0.39 is 16.1 Å². The zero-order chi connectivity index (χ0) is 31.6. The molecule has 1 atom stereocenters. The number of sulfonamides is 1. The summed E-state index contributed by atoms with van der Waals surface area (Å²) in [7, 11) is 1.59. The van der Waals surface area contributed by atoms with Crippen molar-refractivity contribution >= 4 is 55.7 Å². The Hall–Kier alpha value is -2.37. The van der Waals surface area contributed by atoms with Crippen molar-refractivity contribution in [2.24, 2.45) is 11.8 Å². The number of nitrogens with one attached hydrogen (secondary N) is 1. The van der Waals surface area contributed by atoms with Gasteiger partial charge in [0.2, 0.25) is 0 Å². The number of hydrogen-bond acceptors (Lipinski definition) is 6. The van der Waals surface area contributed by atoms with Crippen LogP contribution in [0, 0.1) is 17.7 Å². The fourth-order valence-electron chi connectivity index (χ4n) is 6.46. The molecule has 1 aromatic heterocycles. The maximum absolute atomic E-state index is 13.6. The summed E-state index contributed by atoms with van der Waals surface area (Å²) >= 11 is 13.5. The maximum atomic E-state index is 13.6. The molecule has 1 unspecified atom stereocenters. The van der Waals surface area contributed by atoms with Crippen molar-refractivity contribution in [1.82, 2.24) is 10.2 Å². The molecule has 1 N–H and O–H groups in total. The molecule has 0 bridgehead atoms. The van der Waals surface area contributed by atoms with Crippen LogP contribution in [0.15, 0.2) is 47.4 Å². The maximum Gasteiger partial charge on any atom is 0.412 e. The molecule has 2 aliphatic carbocycles. The molecule has 1 amide bonds. The van der Waals surface area contributed by atoms with Crippen LogP contribution in [0.1, 0.15) is 60.6 Å². The summed E-state index contributed by atoms with van der Waals surface area (Å²) < 4.78 is 47.7. The molecule has 2 aliphatic rings. The van der Waals surface area contributed by atoms with Crippen LogP contribution in [0.25, 0.3) is 0 Å². The number of anilines is 1. The minimum absolute atomic E-state index is 0.00251. The number of nitrogens with zero attached hydrogens (tertiary/aromatic N) is 2. The Balaban J connectivity index is 1.24. The second-order valence-corrected chi connectivity index (χ2v) is 15.8. The van der Waals surface area contributed by atoms with E-state index in [4.69, 9.17) is 27.9 Å². The normalized spacial score (nSPS) is 19.3. The molecule has 238 valence electrons. The van der Waals surface area contributed by atoms with Gasteiger partial charge in [0.05, 0.1) is 14.9 Å². The first-order valence-corrected chi connectivity index (χ1v) is 17.9. The van der Waals surface area contributed by atoms with Gasteiger partial charge >= 0.3 is 6.09 Å². The molecule has 0 radical (unpaired) electrons. The van der Waals surface area contributed by atoms with E-state index in [1.165, 1.54) is 53.0 Å². The van der Waals surface area contributed by atoms with Crippen molar-refractivity contribution in [3.05, 3.63) is 74.3 Å². The van der Waals surface area contributed by atoms with E-state index in [0.29, 0.717) is 29.1 Å². The number of carbonyl (C=O) groups is 1. The van der Waals surface area contributed by atoms with E-state index in [9.17, 15) is 17.6 Å². The van der Waals surface area contributed by atoms with Gasteiger partial charge in [-0.25, -0.2) is 17.6 Å². The van der Waals surface area contributed by atoms with Crippen molar-refractivity contribution in [2.75, 3.05) is 32.0 Å². The Labute approximate surface area is 273 Å². The second-order valence-electron chi connectivity index (χ2n) is 11.9. The fraction of sp³-hybridized carbons (Fsp3) is 0.469. The van der Waals surface area contributed by atoms with E-state index in [-0.39, 0.29) is 26.8 Å². The van der Waals surface area contributed by atoms with Crippen LogP contribution in [-0.2, 0) is 22.9 Å². The van der Waals surface area contributed by atoms with Gasteiger partial charge in [-0.1, -0.05) is 35.3 Å². The van der Waals surface area contributed by atoms with Crippen LogP contribution in [0.2, 0.25) is 10.0 Å². The minimum Gasteiger partial charge on any atom is -0.407 e. The molecular weight excluding hydrogens is 644 g/mol. The highest BCUT2D eigenvalue weighted by Crippen LogP contribution is 2.47. The molecule has 5 rings (SSSR count). The number of thiophene rings is 1. The van der Waals surface area contributed by atoms with Crippen LogP contribution in [0.4, 0.5) is 14.2 Å². The number of fused-ring (bicyclic) bond motifs is 1. The van der Waals surface area contributed by atoms with Crippen LogP contribution in [-0.4, -0.2) is 47.1 Å². The third-order valence-corrected chi connectivity index (χ3v) is 12.7. The molecule has 1 heterocycles. The summed E-state index contributed by atoms with van der Waals surface area (Å²) in [4.78, 5) is 16.4. The Morgan fingerprint density at radius 2 is 1.70 bits per heavy atom. The lowest BCUT2D eigenvalue weighted by atomic mass is 9.76. The molecule has 0 aliphatic heterocycles. The SMILES string of the molecule is CN(C)C(c1ccc(F)cc1)C1CCC(CNC(=O)Oc2c(N(C)S(=O)(=O)c3ccc(Cl)c(Cl)c3)sc3c2CCCC3)CC1. The Bertz CT molecular complexity index is 1590. The van der Waals surface area contributed by atoms with Gasteiger partial charge in [0.25, 0.3) is 10.0 Å². The van der Waals surface area contributed by atoms with Crippen molar-refractivity contribution in [2.45, 2.75) is 62.3 Å². The first-order chi connectivity index (χ1) is 21.0. The standard InChI is InChI=1S/C32H38Cl2FN3O4S2/c1-37(2)29(22-12-14-23(35)15-13-22)21-10-8-20(9-11-21)19-36-32(39)42-30-25-6-4-5-7-28(25)43-31(30)38(3)44(40,41)24-16-17-26(33)27(34)18-24/h12-18,20-21,29H,4-11,19H2,1-3H3,(H,36,39). The van der Waals surface area contributed by atoms with E-state index in [2.05, 4.69) is 24.3 Å². The highest BCUT2D eigenvalue weighted by molar-refractivity contribution is 7.93. The quantitative estimate of drug-likeness (QED) is 0.247. The molecule has 0 spiro atoms. The van der Waals surface area contributed by atoms with Crippen LogP contribution in [0.5, 0.6) is 5.75 Å². The summed E-state index contributed by atoms with van der Waals surface area (Å²) in [6.45, 7) is 0.480. The van der Waals surface area contributed by atoms with Gasteiger partial charge in [-0.05, 0) is 113 Å². The number of benzene rings is 2. The molecule has 12 heteroatoms. The van der Waals surface area contributed by atoms with Gasteiger partial charge in [0, 0.05) is 30.1 Å². The summed E-state index contributed by atoms with van der Waals surface area (Å²) in [5, 5.41) is 3.72. The van der Waals surface area contributed by atoms with Gasteiger partial charge in [0.1, 0.15) is 10.8 Å². The summed E-state index contributed by atoms with van der Waals surface area (Å²) in [5.41, 5.74) is 2.02. The molecule has 44 heavy (non-hydrogen) atoms. The molecule has 0 saturated heterocycles. The second kappa shape index (κ2) is 14.0. The largest absolute Gasteiger partial charge is 0.412 e.